The van der Waals surface area contributed by atoms with Crippen LogP contribution in [0.25, 0.3) is 11.0 Å². The number of guanidine groups is 1. The average Bonchev–Trinajstić information content (AvgIpc) is 3.05. The van der Waals surface area contributed by atoms with Crippen molar-refractivity contribution in [3.05, 3.63) is 30.1 Å². The maximum absolute atomic E-state index is 5.50. The second-order valence-electron chi connectivity index (χ2n) is 7.99. The van der Waals surface area contributed by atoms with Crippen LogP contribution in [-0.2, 0) is 11.3 Å². The van der Waals surface area contributed by atoms with Crippen molar-refractivity contribution in [1.82, 2.24) is 25.1 Å². The molecule has 1 aliphatic rings. The Kier molecular flexibility index (Phi) is 10.3. The second kappa shape index (κ2) is 12.5. The Morgan fingerprint density at radius 1 is 1.20 bits per heavy atom. The summed E-state index contributed by atoms with van der Waals surface area (Å²) in [5.74, 6) is 2.52. The number of aromatic nitrogens is 2. The van der Waals surface area contributed by atoms with Crippen molar-refractivity contribution >= 4 is 41.0 Å². The van der Waals surface area contributed by atoms with E-state index in [1.54, 1.807) is 0 Å². The molecule has 8 heteroatoms. The highest BCUT2D eigenvalue weighted by atomic mass is 127. The van der Waals surface area contributed by atoms with Crippen molar-refractivity contribution in [2.45, 2.75) is 39.8 Å². The van der Waals surface area contributed by atoms with E-state index in [0.29, 0.717) is 12.0 Å². The van der Waals surface area contributed by atoms with Gasteiger partial charge in [-0.25, -0.2) is 4.98 Å². The lowest BCUT2D eigenvalue weighted by Crippen LogP contribution is -2.52. The lowest BCUT2D eigenvalue weighted by Gasteiger charge is -2.37. The molecule has 1 aromatic carbocycles. The van der Waals surface area contributed by atoms with Gasteiger partial charge in [-0.3, -0.25) is 9.89 Å². The molecule has 0 amide bonds. The van der Waals surface area contributed by atoms with E-state index in [1.807, 2.05) is 13.1 Å². The Balaban J connectivity index is 0.00000320. The number of ether oxygens (including phenoxy) is 1. The Morgan fingerprint density at radius 3 is 2.63 bits per heavy atom. The van der Waals surface area contributed by atoms with Gasteiger partial charge in [0.15, 0.2) is 5.96 Å². The number of nitrogens with one attached hydrogen (secondary N) is 2. The summed E-state index contributed by atoms with van der Waals surface area (Å²) in [5, 5.41) is 6.98. The summed E-state index contributed by atoms with van der Waals surface area (Å²) in [4.78, 5) is 11.6. The second-order valence-corrected chi connectivity index (χ2v) is 7.99. The monoisotopic (exact) mass is 528 g/mol. The predicted octanol–water partition coefficient (Wildman–Crippen LogP) is 2.87. The van der Waals surface area contributed by atoms with Crippen molar-refractivity contribution in [3.63, 3.8) is 0 Å². The summed E-state index contributed by atoms with van der Waals surface area (Å²) in [6.45, 7) is 13.0. The number of fused-ring (bicyclic) bond motifs is 1. The highest BCUT2D eigenvalue weighted by molar-refractivity contribution is 14.0. The van der Waals surface area contributed by atoms with E-state index in [4.69, 9.17) is 4.74 Å². The molecule has 0 aliphatic carbocycles. The summed E-state index contributed by atoms with van der Waals surface area (Å²) >= 11 is 0. The molecule has 1 saturated heterocycles. The number of halogens is 1. The maximum Gasteiger partial charge on any atom is 0.191 e. The molecule has 2 heterocycles. The van der Waals surface area contributed by atoms with Gasteiger partial charge in [0.2, 0.25) is 0 Å². The zero-order valence-corrected chi connectivity index (χ0v) is 21.1. The van der Waals surface area contributed by atoms with E-state index in [0.717, 1.165) is 69.7 Å². The third kappa shape index (κ3) is 6.55. The van der Waals surface area contributed by atoms with Crippen LogP contribution in [0, 0.1) is 12.8 Å². The summed E-state index contributed by atoms with van der Waals surface area (Å²) in [5.41, 5.74) is 2.27. The zero-order chi connectivity index (χ0) is 20.6. The average molecular weight is 528 g/mol. The first-order valence-electron chi connectivity index (χ1n) is 10.8. The molecule has 0 bridgehead atoms. The molecule has 1 unspecified atom stereocenters. The molecular formula is C22H37IN6O. The van der Waals surface area contributed by atoms with Gasteiger partial charge < -0.3 is 19.9 Å². The number of benzene rings is 1. The van der Waals surface area contributed by atoms with Crippen LogP contribution in [0.3, 0.4) is 0 Å². The Morgan fingerprint density at radius 2 is 1.93 bits per heavy atom. The Bertz CT molecular complexity index is 800. The zero-order valence-electron chi connectivity index (χ0n) is 18.7. The molecule has 1 fully saturated rings. The number of aliphatic imine (C=N–C) groups is 1. The molecule has 30 heavy (non-hydrogen) atoms. The molecule has 0 spiro atoms. The standard InChI is InChI=1S/C22H36N6O.HI/c1-17(2)21(27-12-14-29-15-13-27)16-25-22(23-4)24-10-7-11-28-18(3)26-19-8-5-6-9-20(19)28;/h5-6,8-9,17,21H,7,10-16H2,1-4H3,(H2,23,24,25);1H. The third-order valence-corrected chi connectivity index (χ3v) is 5.68. The number of para-hydroxylation sites is 2. The molecule has 0 saturated carbocycles. The molecule has 2 aromatic rings. The van der Waals surface area contributed by atoms with Gasteiger partial charge in [-0.2, -0.15) is 0 Å². The van der Waals surface area contributed by atoms with Crippen molar-refractivity contribution in [2.75, 3.05) is 46.4 Å². The summed E-state index contributed by atoms with van der Waals surface area (Å²) < 4.78 is 7.80. The number of nitrogens with zero attached hydrogens (tertiary/aromatic N) is 4. The number of imidazole rings is 1. The van der Waals surface area contributed by atoms with Gasteiger partial charge in [0.1, 0.15) is 5.82 Å². The van der Waals surface area contributed by atoms with Crippen LogP contribution in [0.2, 0.25) is 0 Å². The van der Waals surface area contributed by atoms with Crippen molar-refractivity contribution < 1.29 is 4.74 Å². The van der Waals surface area contributed by atoms with Crippen LogP contribution < -0.4 is 10.6 Å². The normalized spacial score (nSPS) is 16.5. The fraction of sp³-hybridized carbons (Fsp3) is 0.636. The first-order valence-corrected chi connectivity index (χ1v) is 10.8. The SMILES string of the molecule is CN=C(NCCCn1c(C)nc2ccccc21)NCC(C(C)C)N1CCOCC1.I. The van der Waals surface area contributed by atoms with Crippen LogP contribution in [0.1, 0.15) is 26.1 Å². The molecule has 168 valence electrons. The highest BCUT2D eigenvalue weighted by Crippen LogP contribution is 2.15. The minimum atomic E-state index is 0. The fourth-order valence-electron chi connectivity index (χ4n) is 4.04. The number of hydrogen-bond donors (Lipinski definition) is 2. The van der Waals surface area contributed by atoms with E-state index >= 15 is 0 Å². The molecule has 1 atom stereocenters. The van der Waals surface area contributed by atoms with Gasteiger partial charge in [-0.05, 0) is 31.4 Å². The van der Waals surface area contributed by atoms with Crippen LogP contribution >= 0.6 is 24.0 Å². The van der Waals surface area contributed by atoms with Crippen LogP contribution in [0.5, 0.6) is 0 Å². The van der Waals surface area contributed by atoms with E-state index < -0.39 is 0 Å². The fourth-order valence-corrected chi connectivity index (χ4v) is 4.04. The molecule has 2 N–H and O–H groups in total. The Labute approximate surface area is 197 Å². The molecule has 3 rings (SSSR count). The number of aryl methyl sites for hydroxylation is 2. The van der Waals surface area contributed by atoms with Crippen LogP contribution in [-0.4, -0.2) is 72.9 Å². The maximum atomic E-state index is 5.50. The minimum Gasteiger partial charge on any atom is -0.379 e. The first kappa shape index (κ1) is 24.9. The van der Waals surface area contributed by atoms with E-state index in [9.17, 15) is 0 Å². The van der Waals surface area contributed by atoms with Crippen molar-refractivity contribution in [3.8, 4) is 0 Å². The molecule has 1 aliphatic heterocycles. The lowest BCUT2D eigenvalue weighted by molar-refractivity contribution is 0.00752. The summed E-state index contributed by atoms with van der Waals surface area (Å²) in [7, 11) is 1.84. The molecule has 0 radical (unpaired) electrons. The topological polar surface area (TPSA) is 66.7 Å². The van der Waals surface area contributed by atoms with Crippen molar-refractivity contribution in [2.24, 2.45) is 10.9 Å². The van der Waals surface area contributed by atoms with Gasteiger partial charge in [-0.1, -0.05) is 26.0 Å². The molecular weight excluding hydrogens is 491 g/mol. The smallest absolute Gasteiger partial charge is 0.191 e. The highest BCUT2D eigenvalue weighted by Gasteiger charge is 2.23. The molecule has 1 aromatic heterocycles. The minimum absolute atomic E-state index is 0. The van der Waals surface area contributed by atoms with E-state index in [2.05, 4.69) is 69.0 Å². The molecule has 7 nitrogen and oxygen atoms in total. The number of hydrogen-bond acceptors (Lipinski definition) is 4. The lowest BCUT2D eigenvalue weighted by atomic mass is 10.0. The number of rotatable bonds is 8. The van der Waals surface area contributed by atoms with Gasteiger partial charge in [-0.15, -0.1) is 24.0 Å². The van der Waals surface area contributed by atoms with E-state index in [1.165, 1.54) is 5.52 Å². The van der Waals surface area contributed by atoms with Crippen LogP contribution in [0.4, 0.5) is 0 Å². The largest absolute Gasteiger partial charge is 0.379 e. The van der Waals surface area contributed by atoms with Gasteiger partial charge in [0, 0.05) is 45.8 Å². The first-order chi connectivity index (χ1) is 14.1. The van der Waals surface area contributed by atoms with E-state index in [-0.39, 0.29) is 24.0 Å². The summed E-state index contributed by atoms with van der Waals surface area (Å²) in [6.07, 6.45) is 1.01. The van der Waals surface area contributed by atoms with Crippen LogP contribution in [0.15, 0.2) is 29.3 Å². The number of morpholine rings is 1. The van der Waals surface area contributed by atoms with Crippen molar-refractivity contribution in [1.29, 1.82) is 0 Å². The quantitative estimate of drug-likeness (QED) is 0.239. The van der Waals surface area contributed by atoms with Gasteiger partial charge in [0.05, 0.1) is 24.2 Å². The predicted molar refractivity (Wildman–Crippen MR) is 135 cm³/mol. The summed E-state index contributed by atoms with van der Waals surface area (Å²) in [6, 6.07) is 8.81. The van der Waals surface area contributed by atoms with Gasteiger partial charge in [0.25, 0.3) is 0 Å². The third-order valence-electron chi connectivity index (χ3n) is 5.68. The van der Waals surface area contributed by atoms with Gasteiger partial charge >= 0.3 is 0 Å². The Hall–Kier alpha value is -1.39.